The van der Waals surface area contributed by atoms with Crippen LogP contribution in [0.2, 0.25) is 0 Å². The normalized spacial score (nSPS) is 26.3. The minimum Gasteiger partial charge on any atom is -0.489 e. The average Bonchev–Trinajstić information content (AvgIpc) is 3.53. The van der Waals surface area contributed by atoms with E-state index in [1.807, 2.05) is 122 Å². The number of carbonyl (C=O) groups excluding carboxylic acids is 2. The highest BCUT2D eigenvalue weighted by Gasteiger charge is 2.64. The Kier molecular flexibility index (Phi) is 9.17. The molecule has 0 radical (unpaired) electrons. The molecule has 1 fully saturated rings. The summed E-state index contributed by atoms with van der Waals surface area (Å²) in [5, 5.41) is 4.25. The van der Waals surface area contributed by atoms with Crippen LogP contribution in [0, 0.1) is 11.8 Å². The lowest BCUT2D eigenvalue weighted by molar-refractivity contribution is -0.153. The smallest absolute Gasteiger partial charge is 0.324 e. The Hall–Kier alpha value is -4.86. The molecule has 0 amide bonds. The number of nitrogens with zero attached hydrogens (tertiary/aromatic N) is 2. The zero-order valence-corrected chi connectivity index (χ0v) is 30.5. The van der Waals surface area contributed by atoms with Crippen molar-refractivity contribution in [3.05, 3.63) is 143 Å². The van der Waals surface area contributed by atoms with Crippen molar-refractivity contribution in [3.8, 4) is 11.6 Å². The van der Waals surface area contributed by atoms with Crippen LogP contribution in [0.25, 0.3) is 0 Å². The summed E-state index contributed by atoms with van der Waals surface area (Å²) in [6.45, 7) is 4.94. The minimum atomic E-state index is -1.07. The maximum Gasteiger partial charge on any atom is 0.324 e. The van der Waals surface area contributed by atoms with Gasteiger partial charge in [0.1, 0.15) is 29.3 Å². The number of Topliss-reactive ketones (excluding diaryl/α,β-unsaturated/α-hetero) is 1. The van der Waals surface area contributed by atoms with E-state index >= 15 is 4.79 Å². The van der Waals surface area contributed by atoms with Crippen molar-refractivity contribution in [1.29, 1.82) is 0 Å². The van der Waals surface area contributed by atoms with E-state index in [9.17, 15) is 4.79 Å². The van der Waals surface area contributed by atoms with Gasteiger partial charge in [-0.15, -0.1) is 11.8 Å². The highest BCUT2D eigenvalue weighted by molar-refractivity contribution is 8.01. The largest absolute Gasteiger partial charge is 0.489 e. The van der Waals surface area contributed by atoms with Crippen molar-refractivity contribution in [3.63, 3.8) is 0 Å². The summed E-state index contributed by atoms with van der Waals surface area (Å²) in [5.74, 6) is -0.350. The first-order valence-corrected chi connectivity index (χ1v) is 18.7. The molecular weight excluding hydrogens is 673 g/mol. The van der Waals surface area contributed by atoms with Gasteiger partial charge in [0.2, 0.25) is 5.78 Å². The van der Waals surface area contributed by atoms with E-state index in [-0.39, 0.29) is 59.5 Å². The zero-order chi connectivity index (χ0) is 36.0. The topological polar surface area (TPSA) is 91.1 Å². The lowest BCUT2D eigenvalue weighted by Gasteiger charge is -2.49. The quantitative estimate of drug-likeness (QED) is 0.139. The van der Waals surface area contributed by atoms with Crippen LogP contribution < -0.4 is 9.47 Å². The third-order valence-corrected chi connectivity index (χ3v) is 12.9. The molecule has 52 heavy (non-hydrogen) atoms. The molecule has 1 saturated heterocycles. The van der Waals surface area contributed by atoms with Crippen molar-refractivity contribution < 1.29 is 28.3 Å². The van der Waals surface area contributed by atoms with Crippen LogP contribution in [0.5, 0.6) is 11.6 Å². The summed E-state index contributed by atoms with van der Waals surface area (Å²) in [4.78, 5) is 32.9. The molecule has 0 unspecified atom stereocenters. The molecule has 0 bridgehead atoms. The van der Waals surface area contributed by atoms with E-state index in [0.29, 0.717) is 18.8 Å². The van der Waals surface area contributed by atoms with Crippen molar-refractivity contribution in [2.45, 2.75) is 67.1 Å². The van der Waals surface area contributed by atoms with Crippen LogP contribution >= 0.6 is 11.8 Å². The molecule has 5 aromatic rings. The predicted molar refractivity (Wildman–Crippen MR) is 199 cm³/mol. The number of ketones is 1. The van der Waals surface area contributed by atoms with E-state index in [4.69, 9.17) is 18.7 Å². The molecule has 2 aliphatic carbocycles. The number of carbonyl (C=O) groups is 2. The van der Waals surface area contributed by atoms with Crippen LogP contribution in [0.15, 0.2) is 119 Å². The van der Waals surface area contributed by atoms with Crippen LogP contribution in [0.3, 0.4) is 0 Å². The van der Waals surface area contributed by atoms with Crippen LogP contribution in [-0.4, -0.2) is 46.8 Å². The van der Waals surface area contributed by atoms with Crippen molar-refractivity contribution in [2.75, 3.05) is 14.1 Å². The fourth-order valence-electron chi connectivity index (χ4n) is 8.75. The summed E-state index contributed by atoms with van der Waals surface area (Å²) < 4.78 is 24.2. The SMILES string of the molecule is C[C@@H]1c2c(OCc3ccccc3)cccc2[C@H](C)[C@@H]2C[C@H]3[C@H](N(C)C)c4onc(OCc5ccccc5)c4C(=O)[C@@H]3OC(=O)[C@]12Sc1ccccc1. The molecule has 4 aromatic carbocycles. The summed E-state index contributed by atoms with van der Waals surface area (Å²) in [6.07, 6.45) is -0.494. The molecular formula is C43H42N2O6S. The third kappa shape index (κ3) is 5.80. The minimum absolute atomic E-state index is 0.0622. The van der Waals surface area contributed by atoms with Gasteiger partial charge in [-0.05, 0) is 72.4 Å². The number of esters is 1. The molecule has 0 N–H and O–H groups in total. The second-order valence-electron chi connectivity index (χ2n) is 14.4. The van der Waals surface area contributed by atoms with Gasteiger partial charge >= 0.3 is 5.97 Å². The number of fused-ring (bicyclic) bond motifs is 4. The number of aromatic nitrogens is 1. The number of hydrogen-bond donors (Lipinski definition) is 0. The van der Waals surface area contributed by atoms with Gasteiger partial charge in [-0.1, -0.05) is 105 Å². The van der Waals surface area contributed by atoms with Crippen LogP contribution in [-0.2, 0) is 22.7 Å². The molecule has 266 valence electrons. The van der Waals surface area contributed by atoms with Crippen molar-refractivity contribution in [1.82, 2.24) is 10.1 Å². The summed E-state index contributed by atoms with van der Waals surface area (Å²) in [5.41, 5.74) is 4.41. The Balaban J connectivity index is 1.22. The first kappa shape index (κ1) is 34.2. The molecule has 3 aliphatic rings. The Morgan fingerprint density at radius 3 is 2.12 bits per heavy atom. The van der Waals surface area contributed by atoms with E-state index < -0.39 is 10.9 Å². The number of thioether (sulfide) groups is 1. The summed E-state index contributed by atoms with van der Waals surface area (Å²) >= 11 is 1.55. The molecule has 9 heteroatoms. The van der Waals surface area contributed by atoms with Gasteiger partial charge in [-0.25, -0.2) is 0 Å². The molecule has 0 saturated carbocycles. The Morgan fingerprint density at radius 1 is 0.827 bits per heavy atom. The standard InChI is InChI=1S/C43H42N2O6S/c1-26-31-21-14-22-34(48-24-28-15-8-5-9-16-28)35(31)27(2)43(52-30-19-12-7-13-20-30)33(26)23-32-37(45(3)4)40-36(38(46)39(32)50-42(43)47)41(44-51-40)49-25-29-17-10-6-11-18-29/h5-22,26-27,32-33,37,39H,23-25H2,1-4H3/t26-,27+,32-,33-,37-,39+,43-/m0/s1. The van der Waals surface area contributed by atoms with Crippen LogP contribution in [0.1, 0.15) is 76.5 Å². The van der Waals surface area contributed by atoms with E-state index in [1.165, 1.54) is 0 Å². The third-order valence-electron chi connectivity index (χ3n) is 11.2. The molecule has 8 nitrogen and oxygen atoms in total. The first-order valence-electron chi connectivity index (χ1n) is 17.9. The maximum absolute atomic E-state index is 15.2. The van der Waals surface area contributed by atoms with Crippen molar-refractivity contribution >= 4 is 23.5 Å². The molecule has 7 atom stereocenters. The number of benzene rings is 4. The van der Waals surface area contributed by atoms with Gasteiger partial charge in [0.15, 0.2) is 11.9 Å². The molecule has 1 aromatic heterocycles. The number of ether oxygens (including phenoxy) is 3. The lowest BCUT2D eigenvalue weighted by Crippen LogP contribution is -2.52. The second kappa shape index (κ2) is 13.9. The van der Waals surface area contributed by atoms with Crippen LogP contribution in [0.4, 0.5) is 0 Å². The second-order valence-corrected chi connectivity index (χ2v) is 15.7. The molecule has 8 rings (SSSR count). The van der Waals surface area contributed by atoms with Gasteiger partial charge in [-0.3, -0.25) is 14.5 Å². The van der Waals surface area contributed by atoms with Crippen molar-refractivity contribution in [2.24, 2.45) is 11.8 Å². The van der Waals surface area contributed by atoms with Gasteiger partial charge in [0.25, 0.3) is 5.88 Å². The number of rotatable bonds is 9. The van der Waals surface area contributed by atoms with Gasteiger partial charge in [-0.2, -0.15) is 0 Å². The number of hydrogen-bond acceptors (Lipinski definition) is 9. The highest BCUT2D eigenvalue weighted by atomic mass is 32.2. The zero-order valence-electron chi connectivity index (χ0n) is 29.7. The van der Waals surface area contributed by atoms with Gasteiger partial charge < -0.3 is 18.7 Å². The average molecular weight is 715 g/mol. The first-order chi connectivity index (χ1) is 25.3. The van der Waals surface area contributed by atoms with Gasteiger partial charge in [0, 0.05) is 22.3 Å². The maximum atomic E-state index is 15.2. The van der Waals surface area contributed by atoms with E-state index in [0.717, 1.165) is 32.9 Å². The summed E-state index contributed by atoms with van der Waals surface area (Å²) in [7, 11) is 3.93. The molecule has 1 aliphatic heterocycles. The monoisotopic (exact) mass is 714 g/mol. The Labute approximate surface area is 308 Å². The molecule has 2 heterocycles. The fraction of sp³-hybridized carbons (Fsp3) is 0.326. The van der Waals surface area contributed by atoms with E-state index in [1.54, 1.807) is 11.8 Å². The van der Waals surface area contributed by atoms with Gasteiger partial charge in [0.05, 0.1) is 6.04 Å². The molecule has 0 spiro atoms. The fourth-order valence-corrected chi connectivity index (χ4v) is 10.3. The Morgan fingerprint density at radius 2 is 1.46 bits per heavy atom. The summed E-state index contributed by atoms with van der Waals surface area (Å²) in [6, 6.07) is 35.6. The predicted octanol–water partition coefficient (Wildman–Crippen LogP) is 8.63. The lowest BCUT2D eigenvalue weighted by atomic mass is 9.60. The highest BCUT2D eigenvalue weighted by Crippen LogP contribution is 2.63. The van der Waals surface area contributed by atoms with E-state index in [2.05, 4.69) is 25.1 Å². The Bertz CT molecular complexity index is 2070.